The third-order valence-electron chi connectivity index (χ3n) is 15.2. The quantitative estimate of drug-likeness (QED) is 0.0891. The average Bonchev–Trinajstić information content (AvgIpc) is 3.41. The van der Waals surface area contributed by atoms with Crippen molar-refractivity contribution in [1.29, 1.82) is 0 Å². The van der Waals surface area contributed by atoms with Gasteiger partial charge in [0, 0.05) is 0 Å². The maximum atomic E-state index is 12.6. The van der Waals surface area contributed by atoms with Gasteiger partial charge in [0.15, 0.2) is 0 Å². The Bertz CT molecular complexity index is 985. The first-order valence-electron chi connectivity index (χ1n) is 21.6. The summed E-state index contributed by atoms with van der Waals surface area (Å²) < 4.78 is 0. The lowest BCUT2D eigenvalue weighted by Crippen LogP contribution is -2.51. The molecule has 10 atom stereocenters. The van der Waals surface area contributed by atoms with E-state index in [1.54, 1.807) is 5.57 Å². The van der Waals surface area contributed by atoms with Crippen molar-refractivity contribution in [2.24, 2.45) is 58.2 Å². The highest BCUT2D eigenvalue weighted by molar-refractivity contribution is 5.70. The van der Waals surface area contributed by atoms with Crippen molar-refractivity contribution in [3.05, 3.63) is 11.6 Å². The predicted octanol–water partition coefficient (Wildman–Crippen LogP) is 13.2. The van der Waals surface area contributed by atoms with E-state index in [1.165, 1.54) is 109 Å². The van der Waals surface area contributed by atoms with E-state index in [1.807, 2.05) is 0 Å². The van der Waals surface area contributed by atoms with Crippen molar-refractivity contribution in [2.75, 3.05) is 0 Å². The van der Waals surface area contributed by atoms with Gasteiger partial charge in [0.25, 0.3) is 0 Å². The second-order valence-corrected chi connectivity index (χ2v) is 18.8. The van der Waals surface area contributed by atoms with Crippen LogP contribution in [0.3, 0.4) is 0 Å². The van der Waals surface area contributed by atoms with E-state index in [-0.39, 0.29) is 12.0 Å². The summed E-state index contributed by atoms with van der Waals surface area (Å²) in [6.07, 6.45) is 33.2. The molecule has 0 spiro atoms. The number of unbranched alkanes of at least 4 members (excludes halogenated alkanes) is 9. The first-order chi connectivity index (χ1) is 23.0. The SMILES string of the molecule is CCCCCCC(O)CCCCCCCCCC(C(=O)O)[C@H]1CC[C@@]2(C)C(=CC[C@H]3[C@@H]4CC[C@H]([C@H](C)CCCC(C)C)[C@@]4(C)CC[C@@H]32)C1. The summed E-state index contributed by atoms with van der Waals surface area (Å²) in [5, 5.41) is 20.5. The Morgan fingerprint density at radius 1 is 0.771 bits per heavy atom. The highest BCUT2D eigenvalue weighted by Gasteiger charge is 2.59. The van der Waals surface area contributed by atoms with E-state index in [2.05, 4.69) is 47.6 Å². The average molecular weight is 669 g/mol. The van der Waals surface area contributed by atoms with Gasteiger partial charge in [-0.15, -0.1) is 0 Å². The van der Waals surface area contributed by atoms with Crippen molar-refractivity contribution < 1.29 is 15.0 Å². The van der Waals surface area contributed by atoms with Gasteiger partial charge in [-0.3, -0.25) is 4.79 Å². The summed E-state index contributed by atoms with van der Waals surface area (Å²) in [5.41, 5.74) is 2.48. The van der Waals surface area contributed by atoms with Crippen molar-refractivity contribution in [3.63, 3.8) is 0 Å². The van der Waals surface area contributed by atoms with Gasteiger partial charge in [-0.05, 0) is 123 Å². The third kappa shape index (κ3) is 10.2. The molecular formula is C45H80O3. The summed E-state index contributed by atoms with van der Waals surface area (Å²) in [6, 6.07) is 0. The Labute approximate surface area is 298 Å². The van der Waals surface area contributed by atoms with Crippen molar-refractivity contribution in [2.45, 2.75) is 208 Å². The number of hydrogen-bond acceptors (Lipinski definition) is 2. The van der Waals surface area contributed by atoms with Gasteiger partial charge in [0.1, 0.15) is 0 Å². The standard InChI is InChI=1S/C45H80O3/c1-7-8-9-15-21-37(46)22-16-13-11-10-12-14-17-23-38(43(47)48)35-28-30-44(5)36(32-35)24-25-39-41-27-26-40(34(4)20-18-19-33(2)3)45(41,6)31-29-42(39)44/h24,33-35,37-42,46H,7-23,25-32H2,1-6H3,(H,47,48)/t34-,35+,37?,38?,39+,40-,41+,42+,44+,45-/m1/s1. The van der Waals surface area contributed by atoms with Crippen molar-refractivity contribution in [3.8, 4) is 0 Å². The second kappa shape index (κ2) is 19.1. The lowest BCUT2D eigenvalue weighted by atomic mass is 9.46. The molecule has 0 aliphatic heterocycles. The summed E-state index contributed by atoms with van der Waals surface area (Å²) in [5.74, 6) is 4.74. The molecule has 2 N–H and O–H groups in total. The molecule has 0 aromatic carbocycles. The third-order valence-corrected chi connectivity index (χ3v) is 15.2. The second-order valence-electron chi connectivity index (χ2n) is 18.8. The number of carbonyl (C=O) groups is 1. The summed E-state index contributed by atoms with van der Waals surface area (Å²) in [6.45, 7) is 14.8. The summed E-state index contributed by atoms with van der Waals surface area (Å²) >= 11 is 0. The maximum Gasteiger partial charge on any atom is 0.306 e. The first-order valence-corrected chi connectivity index (χ1v) is 21.6. The zero-order valence-electron chi connectivity index (χ0n) is 32.8. The van der Waals surface area contributed by atoms with Crippen LogP contribution in [0.2, 0.25) is 0 Å². The predicted molar refractivity (Wildman–Crippen MR) is 204 cm³/mol. The van der Waals surface area contributed by atoms with E-state index in [0.29, 0.717) is 16.7 Å². The minimum atomic E-state index is -0.543. The van der Waals surface area contributed by atoms with Crippen LogP contribution in [-0.4, -0.2) is 22.3 Å². The molecule has 0 heterocycles. The smallest absolute Gasteiger partial charge is 0.306 e. The van der Waals surface area contributed by atoms with Crippen LogP contribution in [0.25, 0.3) is 0 Å². The molecule has 278 valence electrons. The molecule has 4 aliphatic carbocycles. The van der Waals surface area contributed by atoms with Crippen molar-refractivity contribution >= 4 is 5.97 Å². The minimum Gasteiger partial charge on any atom is -0.481 e. The Hall–Kier alpha value is -0.830. The van der Waals surface area contributed by atoms with Crippen molar-refractivity contribution in [1.82, 2.24) is 0 Å². The van der Waals surface area contributed by atoms with Gasteiger partial charge >= 0.3 is 5.97 Å². The first kappa shape index (κ1) is 39.9. The molecule has 3 nitrogen and oxygen atoms in total. The molecule has 0 saturated heterocycles. The van der Waals surface area contributed by atoms with Crippen LogP contribution < -0.4 is 0 Å². The van der Waals surface area contributed by atoms with Gasteiger partial charge in [0.05, 0.1) is 12.0 Å². The Morgan fingerprint density at radius 3 is 2.06 bits per heavy atom. The number of rotatable bonds is 22. The number of fused-ring (bicyclic) bond motifs is 5. The lowest BCUT2D eigenvalue weighted by Gasteiger charge is -2.59. The van der Waals surface area contributed by atoms with Gasteiger partial charge in [0.2, 0.25) is 0 Å². The number of allylic oxidation sites excluding steroid dienone is 2. The number of aliphatic hydroxyl groups excluding tert-OH is 1. The van der Waals surface area contributed by atoms with E-state index in [4.69, 9.17) is 0 Å². The zero-order chi connectivity index (χ0) is 34.7. The minimum absolute atomic E-state index is 0.102. The Morgan fingerprint density at radius 2 is 1.42 bits per heavy atom. The van der Waals surface area contributed by atoms with E-state index >= 15 is 0 Å². The van der Waals surface area contributed by atoms with Crippen LogP contribution in [0.4, 0.5) is 0 Å². The van der Waals surface area contributed by atoms with Crippen LogP contribution >= 0.6 is 0 Å². The molecule has 0 radical (unpaired) electrons. The highest BCUT2D eigenvalue weighted by Crippen LogP contribution is 2.67. The van der Waals surface area contributed by atoms with Crippen LogP contribution in [0, 0.1) is 58.2 Å². The largest absolute Gasteiger partial charge is 0.481 e. The number of aliphatic hydroxyl groups is 1. The van der Waals surface area contributed by atoms with Crippen LogP contribution in [0.5, 0.6) is 0 Å². The van der Waals surface area contributed by atoms with E-state index < -0.39 is 5.97 Å². The molecule has 3 heteroatoms. The molecule has 3 fully saturated rings. The number of carboxylic acids is 1. The monoisotopic (exact) mass is 669 g/mol. The molecule has 3 saturated carbocycles. The fourth-order valence-corrected chi connectivity index (χ4v) is 12.2. The fourth-order valence-electron chi connectivity index (χ4n) is 12.2. The maximum absolute atomic E-state index is 12.6. The number of carboxylic acid groups (broad SMARTS) is 1. The zero-order valence-corrected chi connectivity index (χ0v) is 32.8. The summed E-state index contributed by atoms with van der Waals surface area (Å²) in [4.78, 5) is 12.6. The number of aliphatic carboxylic acids is 1. The molecular weight excluding hydrogens is 588 g/mol. The number of hydrogen-bond donors (Lipinski definition) is 2. The molecule has 0 bridgehead atoms. The van der Waals surface area contributed by atoms with Gasteiger partial charge in [-0.1, -0.05) is 143 Å². The highest BCUT2D eigenvalue weighted by atomic mass is 16.4. The lowest BCUT2D eigenvalue weighted by molar-refractivity contribution is -0.145. The van der Waals surface area contributed by atoms with E-state index in [0.717, 1.165) is 86.9 Å². The van der Waals surface area contributed by atoms with Crippen LogP contribution in [0.15, 0.2) is 11.6 Å². The molecule has 0 amide bonds. The van der Waals surface area contributed by atoms with E-state index in [9.17, 15) is 15.0 Å². The molecule has 4 aliphatic rings. The molecule has 0 aromatic rings. The topological polar surface area (TPSA) is 57.5 Å². The van der Waals surface area contributed by atoms with Crippen LogP contribution in [-0.2, 0) is 4.79 Å². The molecule has 2 unspecified atom stereocenters. The van der Waals surface area contributed by atoms with Gasteiger partial charge in [-0.25, -0.2) is 0 Å². The van der Waals surface area contributed by atoms with Gasteiger partial charge in [-0.2, -0.15) is 0 Å². The summed E-state index contributed by atoms with van der Waals surface area (Å²) in [7, 11) is 0. The Balaban J connectivity index is 1.20. The van der Waals surface area contributed by atoms with Crippen LogP contribution in [0.1, 0.15) is 202 Å². The molecule has 48 heavy (non-hydrogen) atoms. The molecule has 0 aromatic heterocycles. The molecule has 4 rings (SSSR count). The normalized spacial score (nSPS) is 33.4. The fraction of sp³-hybridized carbons (Fsp3) is 0.933. The Kier molecular flexibility index (Phi) is 15.9. The van der Waals surface area contributed by atoms with Gasteiger partial charge < -0.3 is 10.2 Å².